The molecule has 1 aliphatic carbocycles. The number of benzene rings is 1. The highest BCUT2D eigenvalue weighted by molar-refractivity contribution is 5.77. The molecule has 0 aliphatic heterocycles. The molecule has 0 radical (unpaired) electrons. The van der Waals surface area contributed by atoms with Crippen LogP contribution in [0.4, 0.5) is 0 Å². The molecule has 4 heteroatoms. The molecule has 2 rings (SSSR count). The topological polar surface area (TPSA) is 55.4 Å². The van der Waals surface area contributed by atoms with Gasteiger partial charge in [0.1, 0.15) is 0 Å². The molecule has 23 heavy (non-hydrogen) atoms. The lowest BCUT2D eigenvalue weighted by Crippen LogP contribution is -2.30. The summed E-state index contributed by atoms with van der Waals surface area (Å²) in [5.41, 5.74) is 2.57. The first-order valence-electron chi connectivity index (χ1n) is 8.59. The van der Waals surface area contributed by atoms with E-state index in [1.54, 1.807) is 0 Å². The van der Waals surface area contributed by atoms with Crippen LogP contribution in [0.1, 0.15) is 63.1 Å². The number of aryl methyl sites for hydroxylation is 1. The van der Waals surface area contributed by atoms with Crippen molar-refractivity contribution >= 4 is 11.9 Å². The van der Waals surface area contributed by atoms with Crippen molar-refractivity contribution in [1.29, 1.82) is 0 Å². The third-order valence-electron chi connectivity index (χ3n) is 4.07. The van der Waals surface area contributed by atoms with E-state index in [0.717, 1.165) is 19.3 Å². The Morgan fingerprint density at radius 2 is 2.04 bits per heavy atom. The fraction of sp³-hybridized carbons (Fsp3) is 0.579. The van der Waals surface area contributed by atoms with Crippen molar-refractivity contribution in [2.24, 2.45) is 5.92 Å². The largest absolute Gasteiger partial charge is 0.465 e. The zero-order valence-corrected chi connectivity index (χ0v) is 14.1. The highest BCUT2D eigenvalue weighted by atomic mass is 16.5. The number of hydrogen-bond acceptors (Lipinski definition) is 3. The van der Waals surface area contributed by atoms with Crippen LogP contribution >= 0.6 is 0 Å². The number of fused-ring (bicyclic) bond motifs is 1. The van der Waals surface area contributed by atoms with Gasteiger partial charge >= 0.3 is 5.97 Å². The maximum Gasteiger partial charge on any atom is 0.305 e. The minimum absolute atomic E-state index is 0.0170. The highest BCUT2D eigenvalue weighted by Gasteiger charge is 2.21. The molecular formula is C19H27NO3. The third kappa shape index (κ3) is 5.70. The zero-order valence-electron chi connectivity index (χ0n) is 14.1. The van der Waals surface area contributed by atoms with E-state index in [2.05, 4.69) is 17.4 Å². The molecule has 1 amide bonds. The fourth-order valence-electron chi connectivity index (χ4n) is 2.90. The Morgan fingerprint density at radius 3 is 2.83 bits per heavy atom. The predicted molar refractivity (Wildman–Crippen MR) is 89.9 cm³/mol. The zero-order chi connectivity index (χ0) is 16.7. The van der Waals surface area contributed by atoms with E-state index < -0.39 is 0 Å². The van der Waals surface area contributed by atoms with Gasteiger partial charge in [-0.1, -0.05) is 38.1 Å². The maximum atomic E-state index is 12.1. The molecule has 0 saturated heterocycles. The lowest BCUT2D eigenvalue weighted by molar-refractivity contribution is -0.144. The van der Waals surface area contributed by atoms with Gasteiger partial charge in [0.25, 0.3) is 0 Å². The first kappa shape index (κ1) is 17.5. The van der Waals surface area contributed by atoms with Gasteiger partial charge in [-0.3, -0.25) is 9.59 Å². The van der Waals surface area contributed by atoms with Gasteiger partial charge in [0, 0.05) is 12.8 Å². The minimum atomic E-state index is -0.213. The molecule has 1 unspecified atom stereocenters. The molecule has 0 heterocycles. The second-order valence-corrected chi connectivity index (χ2v) is 6.64. The van der Waals surface area contributed by atoms with Crippen molar-refractivity contribution in [2.45, 2.75) is 58.4 Å². The summed E-state index contributed by atoms with van der Waals surface area (Å²) < 4.78 is 5.11. The van der Waals surface area contributed by atoms with E-state index in [1.165, 1.54) is 11.1 Å². The summed E-state index contributed by atoms with van der Waals surface area (Å²) in [5, 5.41) is 3.11. The number of carbonyl (C=O) groups excluding carboxylic acids is 2. The average Bonchev–Trinajstić information content (AvgIpc) is 2.53. The Bertz CT molecular complexity index is 539. The van der Waals surface area contributed by atoms with Crippen molar-refractivity contribution in [3.05, 3.63) is 35.4 Å². The fourth-order valence-corrected chi connectivity index (χ4v) is 2.90. The van der Waals surface area contributed by atoms with Crippen LogP contribution in [0.15, 0.2) is 24.3 Å². The summed E-state index contributed by atoms with van der Waals surface area (Å²) in [6.45, 7) is 4.45. The van der Waals surface area contributed by atoms with Gasteiger partial charge in [-0.25, -0.2) is 0 Å². The second-order valence-electron chi connectivity index (χ2n) is 6.64. The smallest absolute Gasteiger partial charge is 0.305 e. The van der Waals surface area contributed by atoms with Crippen LogP contribution in [0.2, 0.25) is 0 Å². The van der Waals surface area contributed by atoms with Crippen LogP contribution in [0.3, 0.4) is 0 Å². The van der Waals surface area contributed by atoms with Crippen LogP contribution in [-0.2, 0) is 20.7 Å². The summed E-state index contributed by atoms with van der Waals surface area (Å²) in [6, 6.07) is 8.42. The van der Waals surface area contributed by atoms with Gasteiger partial charge in [-0.05, 0) is 42.7 Å². The average molecular weight is 317 g/mol. The molecule has 0 spiro atoms. The molecule has 4 nitrogen and oxygen atoms in total. The molecule has 1 aromatic carbocycles. The van der Waals surface area contributed by atoms with Gasteiger partial charge < -0.3 is 10.1 Å². The number of ether oxygens (including phenoxy) is 1. The van der Waals surface area contributed by atoms with Gasteiger partial charge in [0.15, 0.2) is 0 Å². The van der Waals surface area contributed by atoms with Crippen LogP contribution in [0.25, 0.3) is 0 Å². The molecule has 0 aromatic heterocycles. The summed E-state index contributed by atoms with van der Waals surface area (Å²) in [6.07, 6.45) is 4.39. The highest BCUT2D eigenvalue weighted by Crippen LogP contribution is 2.29. The number of esters is 1. The van der Waals surface area contributed by atoms with Crippen molar-refractivity contribution in [1.82, 2.24) is 5.32 Å². The Labute approximate surface area is 138 Å². The lowest BCUT2D eigenvalue weighted by Gasteiger charge is -2.26. The number of carbonyl (C=O) groups is 2. The van der Waals surface area contributed by atoms with E-state index in [4.69, 9.17) is 4.74 Å². The summed E-state index contributed by atoms with van der Waals surface area (Å²) in [7, 11) is 0. The number of nitrogens with one attached hydrogen (secondary N) is 1. The second kappa shape index (κ2) is 8.70. The third-order valence-corrected chi connectivity index (χ3v) is 4.07. The molecule has 0 fully saturated rings. The van der Waals surface area contributed by atoms with Gasteiger partial charge in [0.2, 0.25) is 5.91 Å². The van der Waals surface area contributed by atoms with E-state index in [0.29, 0.717) is 31.8 Å². The molecule has 0 bridgehead atoms. The molecule has 126 valence electrons. The van der Waals surface area contributed by atoms with Crippen LogP contribution in [0.5, 0.6) is 0 Å². The number of amides is 1. The van der Waals surface area contributed by atoms with Gasteiger partial charge in [0.05, 0.1) is 12.6 Å². The quantitative estimate of drug-likeness (QED) is 0.782. The monoisotopic (exact) mass is 317 g/mol. The van der Waals surface area contributed by atoms with Gasteiger partial charge in [-0.15, -0.1) is 0 Å². The minimum Gasteiger partial charge on any atom is -0.465 e. The summed E-state index contributed by atoms with van der Waals surface area (Å²) in [4.78, 5) is 23.6. The molecule has 1 N–H and O–H groups in total. The van der Waals surface area contributed by atoms with E-state index in [1.807, 2.05) is 26.0 Å². The van der Waals surface area contributed by atoms with E-state index >= 15 is 0 Å². The molecule has 1 atom stereocenters. The van der Waals surface area contributed by atoms with Crippen LogP contribution in [0, 0.1) is 5.92 Å². The summed E-state index contributed by atoms with van der Waals surface area (Å²) in [5.74, 6) is 0.145. The normalized spacial score (nSPS) is 16.7. The lowest BCUT2D eigenvalue weighted by atomic mass is 9.87. The first-order chi connectivity index (χ1) is 11.1. The van der Waals surface area contributed by atoms with E-state index in [9.17, 15) is 9.59 Å². The Morgan fingerprint density at radius 1 is 1.26 bits per heavy atom. The Balaban J connectivity index is 1.73. The number of rotatable bonds is 7. The first-order valence-corrected chi connectivity index (χ1v) is 8.59. The summed E-state index contributed by atoms with van der Waals surface area (Å²) >= 11 is 0. The molecular weight excluding hydrogens is 290 g/mol. The van der Waals surface area contributed by atoms with Crippen LogP contribution < -0.4 is 5.32 Å². The SMILES string of the molecule is CC(C)COC(=O)CCCC(=O)NC1CCCc2ccccc21. The standard InChI is InChI=1S/C19H27NO3/c1-14(2)13-23-19(22)12-6-11-18(21)20-17-10-5-8-15-7-3-4-9-16(15)17/h3-4,7,9,14,17H,5-6,8,10-13H2,1-2H3,(H,20,21). The maximum absolute atomic E-state index is 12.1. The molecule has 1 aliphatic rings. The van der Waals surface area contributed by atoms with Crippen molar-refractivity contribution < 1.29 is 14.3 Å². The van der Waals surface area contributed by atoms with Crippen molar-refractivity contribution in [3.8, 4) is 0 Å². The molecule has 1 aromatic rings. The van der Waals surface area contributed by atoms with E-state index in [-0.39, 0.29) is 17.9 Å². The van der Waals surface area contributed by atoms with Crippen molar-refractivity contribution in [2.75, 3.05) is 6.61 Å². The number of hydrogen-bond donors (Lipinski definition) is 1. The van der Waals surface area contributed by atoms with Gasteiger partial charge in [-0.2, -0.15) is 0 Å². The van der Waals surface area contributed by atoms with Crippen LogP contribution in [-0.4, -0.2) is 18.5 Å². The van der Waals surface area contributed by atoms with Crippen molar-refractivity contribution in [3.63, 3.8) is 0 Å². The Kier molecular flexibility index (Phi) is 6.63. The Hall–Kier alpha value is -1.84. The molecule has 0 saturated carbocycles. The predicted octanol–water partition coefficient (Wildman–Crippen LogP) is 3.55.